The Morgan fingerprint density at radius 2 is 2.16 bits per heavy atom. The monoisotopic (exact) mass is 279 g/mol. The van der Waals surface area contributed by atoms with Crippen molar-refractivity contribution in [1.29, 1.82) is 0 Å². The lowest BCUT2D eigenvalue weighted by Gasteiger charge is -2.06. The molecule has 6 heteroatoms. The number of rotatable bonds is 6. The molecular formula is C13H18ClN5. The molecule has 0 amide bonds. The second-order valence-corrected chi connectivity index (χ2v) is 4.79. The van der Waals surface area contributed by atoms with Crippen molar-refractivity contribution < 1.29 is 0 Å². The predicted molar refractivity (Wildman–Crippen MR) is 76.4 cm³/mol. The Labute approximate surface area is 118 Å². The average molecular weight is 280 g/mol. The summed E-state index contributed by atoms with van der Waals surface area (Å²) in [7, 11) is 1.91. The highest BCUT2D eigenvalue weighted by atomic mass is 35.5. The molecule has 0 fully saturated rings. The van der Waals surface area contributed by atoms with Crippen LogP contribution in [0.2, 0.25) is 5.15 Å². The van der Waals surface area contributed by atoms with Gasteiger partial charge in [0.25, 0.3) is 0 Å². The molecule has 0 saturated heterocycles. The van der Waals surface area contributed by atoms with E-state index in [1.165, 1.54) is 0 Å². The summed E-state index contributed by atoms with van der Waals surface area (Å²) in [5, 5.41) is 8.07. The van der Waals surface area contributed by atoms with E-state index in [1.807, 2.05) is 19.3 Å². The van der Waals surface area contributed by atoms with Crippen LogP contribution >= 0.6 is 11.6 Å². The van der Waals surface area contributed by atoms with Gasteiger partial charge in [0.2, 0.25) is 0 Å². The summed E-state index contributed by atoms with van der Waals surface area (Å²) in [5.74, 6) is 1.56. The fourth-order valence-corrected chi connectivity index (χ4v) is 2.01. The van der Waals surface area contributed by atoms with E-state index in [0.29, 0.717) is 5.15 Å². The fourth-order valence-electron chi connectivity index (χ4n) is 1.81. The number of halogens is 1. The van der Waals surface area contributed by atoms with E-state index < -0.39 is 0 Å². The molecule has 0 unspecified atom stereocenters. The highest BCUT2D eigenvalue weighted by Gasteiger charge is 2.03. The fraction of sp³-hybridized carbons (Fsp3) is 0.462. The minimum atomic E-state index is 0.485. The average Bonchev–Trinajstić information content (AvgIpc) is 2.75. The molecular weight excluding hydrogens is 262 g/mol. The molecule has 2 aromatic heterocycles. The van der Waals surface area contributed by atoms with Crippen molar-refractivity contribution >= 4 is 17.4 Å². The van der Waals surface area contributed by atoms with Gasteiger partial charge in [-0.05, 0) is 12.5 Å². The van der Waals surface area contributed by atoms with E-state index in [4.69, 9.17) is 11.6 Å². The third kappa shape index (κ3) is 4.21. The van der Waals surface area contributed by atoms with Gasteiger partial charge in [0.15, 0.2) is 0 Å². The second kappa shape index (κ2) is 6.52. The number of nitrogens with zero attached hydrogens (tertiary/aromatic N) is 4. The van der Waals surface area contributed by atoms with Gasteiger partial charge in [-0.1, -0.05) is 18.5 Å². The van der Waals surface area contributed by atoms with Gasteiger partial charge in [0.05, 0.1) is 5.69 Å². The number of aromatic nitrogens is 4. The highest BCUT2D eigenvalue weighted by Crippen LogP contribution is 2.12. The summed E-state index contributed by atoms with van der Waals surface area (Å²) in [4.78, 5) is 8.62. The maximum Gasteiger partial charge on any atom is 0.134 e. The summed E-state index contributed by atoms with van der Waals surface area (Å²) in [6.07, 6.45) is 4.64. The van der Waals surface area contributed by atoms with Crippen molar-refractivity contribution in [3.63, 3.8) is 0 Å². The van der Waals surface area contributed by atoms with Gasteiger partial charge < -0.3 is 5.32 Å². The standard InChI is InChI=1S/C13H18ClN5/c1-3-4-12-16-11(14)9-13(17-12)15-7-5-10-6-8-19(2)18-10/h6,8-9H,3-5,7H2,1-2H3,(H,15,16,17). The van der Waals surface area contributed by atoms with Crippen molar-refractivity contribution in [3.05, 3.63) is 35.0 Å². The van der Waals surface area contributed by atoms with E-state index in [0.717, 1.165) is 43.1 Å². The van der Waals surface area contributed by atoms with E-state index in [1.54, 1.807) is 10.7 Å². The van der Waals surface area contributed by atoms with Crippen molar-refractivity contribution in [1.82, 2.24) is 19.7 Å². The van der Waals surface area contributed by atoms with Crippen LogP contribution in [0.25, 0.3) is 0 Å². The molecule has 0 radical (unpaired) electrons. The first-order valence-corrected chi connectivity index (χ1v) is 6.81. The van der Waals surface area contributed by atoms with Crippen LogP contribution in [0, 0.1) is 0 Å². The van der Waals surface area contributed by atoms with Gasteiger partial charge >= 0.3 is 0 Å². The van der Waals surface area contributed by atoms with Crippen molar-refractivity contribution in [2.24, 2.45) is 7.05 Å². The van der Waals surface area contributed by atoms with Crippen LogP contribution < -0.4 is 5.32 Å². The molecule has 0 saturated carbocycles. The van der Waals surface area contributed by atoms with Crippen LogP contribution in [-0.4, -0.2) is 26.3 Å². The molecule has 19 heavy (non-hydrogen) atoms. The van der Waals surface area contributed by atoms with Crippen LogP contribution in [0.5, 0.6) is 0 Å². The lowest BCUT2D eigenvalue weighted by molar-refractivity contribution is 0.741. The lowest BCUT2D eigenvalue weighted by Crippen LogP contribution is -2.08. The first-order chi connectivity index (χ1) is 9.17. The van der Waals surface area contributed by atoms with Crippen molar-refractivity contribution in [2.75, 3.05) is 11.9 Å². The summed E-state index contributed by atoms with van der Waals surface area (Å²) in [6, 6.07) is 3.76. The smallest absolute Gasteiger partial charge is 0.134 e. The zero-order chi connectivity index (χ0) is 13.7. The van der Waals surface area contributed by atoms with Crippen molar-refractivity contribution in [2.45, 2.75) is 26.2 Å². The molecule has 0 aliphatic carbocycles. The predicted octanol–water partition coefficient (Wildman–Crippen LogP) is 2.47. The summed E-state index contributed by atoms with van der Waals surface area (Å²) >= 11 is 5.98. The second-order valence-electron chi connectivity index (χ2n) is 4.40. The minimum absolute atomic E-state index is 0.485. The van der Waals surface area contributed by atoms with E-state index >= 15 is 0 Å². The van der Waals surface area contributed by atoms with Crippen LogP contribution in [0.15, 0.2) is 18.3 Å². The summed E-state index contributed by atoms with van der Waals surface area (Å²) < 4.78 is 1.80. The van der Waals surface area contributed by atoms with E-state index in [-0.39, 0.29) is 0 Å². The highest BCUT2D eigenvalue weighted by molar-refractivity contribution is 6.29. The maximum atomic E-state index is 5.98. The molecule has 5 nitrogen and oxygen atoms in total. The van der Waals surface area contributed by atoms with E-state index in [2.05, 4.69) is 27.3 Å². The molecule has 2 rings (SSSR count). The Balaban J connectivity index is 1.91. The van der Waals surface area contributed by atoms with Crippen LogP contribution in [0.3, 0.4) is 0 Å². The zero-order valence-electron chi connectivity index (χ0n) is 11.2. The van der Waals surface area contributed by atoms with Gasteiger partial charge in [-0.15, -0.1) is 0 Å². The van der Waals surface area contributed by atoms with Crippen LogP contribution in [0.1, 0.15) is 24.9 Å². The maximum absolute atomic E-state index is 5.98. The van der Waals surface area contributed by atoms with Crippen LogP contribution in [-0.2, 0) is 19.9 Å². The molecule has 102 valence electrons. The molecule has 2 heterocycles. The Hall–Kier alpha value is -1.62. The third-order valence-corrected chi connectivity index (χ3v) is 2.86. The number of nitrogens with one attached hydrogen (secondary N) is 1. The zero-order valence-corrected chi connectivity index (χ0v) is 12.0. The van der Waals surface area contributed by atoms with Gasteiger partial charge in [-0.2, -0.15) is 5.10 Å². The third-order valence-electron chi connectivity index (χ3n) is 2.67. The Kier molecular flexibility index (Phi) is 4.74. The molecule has 1 N–H and O–H groups in total. The molecule has 0 bridgehead atoms. The van der Waals surface area contributed by atoms with Gasteiger partial charge in [0, 0.05) is 38.7 Å². The summed E-state index contributed by atoms with van der Waals surface area (Å²) in [6.45, 7) is 2.87. The normalized spacial score (nSPS) is 10.7. The van der Waals surface area contributed by atoms with Crippen LogP contribution in [0.4, 0.5) is 5.82 Å². The molecule has 0 atom stereocenters. The van der Waals surface area contributed by atoms with E-state index in [9.17, 15) is 0 Å². The Morgan fingerprint density at radius 3 is 2.84 bits per heavy atom. The largest absolute Gasteiger partial charge is 0.370 e. The van der Waals surface area contributed by atoms with Gasteiger partial charge in [0.1, 0.15) is 16.8 Å². The molecule has 0 aromatic carbocycles. The lowest BCUT2D eigenvalue weighted by atomic mass is 10.3. The number of hydrogen-bond donors (Lipinski definition) is 1. The van der Waals surface area contributed by atoms with Gasteiger partial charge in [-0.25, -0.2) is 9.97 Å². The quantitative estimate of drug-likeness (QED) is 0.826. The Morgan fingerprint density at radius 1 is 1.32 bits per heavy atom. The topological polar surface area (TPSA) is 55.6 Å². The molecule has 0 aliphatic rings. The molecule has 0 spiro atoms. The first kappa shape index (κ1) is 13.8. The SMILES string of the molecule is CCCc1nc(Cl)cc(NCCc2ccn(C)n2)n1. The number of anilines is 1. The molecule has 0 aliphatic heterocycles. The Bertz CT molecular complexity index is 538. The molecule has 2 aromatic rings. The minimum Gasteiger partial charge on any atom is -0.370 e. The number of aryl methyl sites for hydroxylation is 2. The summed E-state index contributed by atoms with van der Waals surface area (Å²) in [5.41, 5.74) is 1.06. The first-order valence-electron chi connectivity index (χ1n) is 6.43. The van der Waals surface area contributed by atoms with Gasteiger partial charge in [-0.3, -0.25) is 4.68 Å². The van der Waals surface area contributed by atoms with Crippen molar-refractivity contribution in [3.8, 4) is 0 Å². The number of hydrogen-bond acceptors (Lipinski definition) is 4.